The Morgan fingerprint density at radius 3 is 1.56 bits per heavy atom. The van der Waals surface area contributed by atoms with Gasteiger partial charge in [-0.05, 0) is 106 Å². The third kappa shape index (κ3) is 4.03. The predicted octanol–water partition coefficient (Wildman–Crippen LogP) is 9.79. The van der Waals surface area contributed by atoms with E-state index in [9.17, 15) is 0 Å². The molecule has 0 unspecified atom stereocenters. The molecular weight excluding hydrogens is 523 g/mol. The van der Waals surface area contributed by atoms with E-state index < -0.39 is 0 Å². The smallest absolute Gasteiger partial charge is 0.399 e. The molecule has 2 nitrogen and oxygen atoms in total. The van der Waals surface area contributed by atoms with Crippen LogP contribution in [0.1, 0.15) is 27.7 Å². The lowest BCUT2D eigenvalue weighted by atomic mass is 9.77. The molecule has 0 N–H and O–H groups in total. The minimum atomic E-state index is -0.389. The summed E-state index contributed by atoms with van der Waals surface area (Å²) in [5.74, 6) is 0. The molecule has 0 amide bonds. The van der Waals surface area contributed by atoms with Crippen LogP contribution in [-0.4, -0.2) is 18.3 Å². The third-order valence-electron chi connectivity index (χ3n) is 9.67. The quantitative estimate of drug-likeness (QED) is 0.201. The molecule has 2 aliphatic rings. The largest absolute Gasteiger partial charge is 0.494 e. The van der Waals surface area contributed by atoms with E-state index in [4.69, 9.17) is 9.31 Å². The Hall–Kier alpha value is -4.44. The van der Waals surface area contributed by atoms with Crippen molar-refractivity contribution in [3.63, 3.8) is 0 Å². The van der Waals surface area contributed by atoms with Gasteiger partial charge in [0.25, 0.3) is 0 Å². The SMILES string of the molecule is CC1(C)OB(c2ccc(-c3cc(-c4ccccc4)c4c(c3-c3ccccc3)-c3cccc5cccc-4c35)cc2)OC1(C)C. The van der Waals surface area contributed by atoms with Crippen LogP contribution in [0.5, 0.6) is 0 Å². The number of benzene rings is 6. The first-order valence-electron chi connectivity index (χ1n) is 15.1. The first-order valence-corrected chi connectivity index (χ1v) is 15.1. The Morgan fingerprint density at radius 2 is 0.953 bits per heavy atom. The molecule has 0 saturated carbocycles. The number of rotatable bonds is 4. The van der Waals surface area contributed by atoms with E-state index in [0.717, 1.165) is 5.46 Å². The van der Waals surface area contributed by atoms with E-state index >= 15 is 0 Å². The molecule has 0 bridgehead atoms. The number of fused-ring (bicyclic) bond motifs is 3. The minimum Gasteiger partial charge on any atom is -0.399 e. The van der Waals surface area contributed by atoms with Gasteiger partial charge in [-0.25, -0.2) is 0 Å². The summed E-state index contributed by atoms with van der Waals surface area (Å²) in [6.07, 6.45) is 0. The molecule has 3 heteroatoms. The van der Waals surface area contributed by atoms with Crippen LogP contribution in [0.4, 0.5) is 0 Å². The van der Waals surface area contributed by atoms with Crippen LogP contribution < -0.4 is 5.46 Å². The highest BCUT2D eigenvalue weighted by Gasteiger charge is 2.51. The highest BCUT2D eigenvalue weighted by Crippen LogP contribution is 2.57. The van der Waals surface area contributed by atoms with Crippen LogP contribution in [0.2, 0.25) is 0 Å². The zero-order valence-electron chi connectivity index (χ0n) is 25.0. The Bertz CT molecular complexity index is 1990. The van der Waals surface area contributed by atoms with Gasteiger partial charge in [-0.3, -0.25) is 0 Å². The van der Waals surface area contributed by atoms with Crippen molar-refractivity contribution in [3.8, 4) is 55.6 Å². The van der Waals surface area contributed by atoms with Crippen molar-refractivity contribution in [2.75, 3.05) is 0 Å². The van der Waals surface area contributed by atoms with Crippen molar-refractivity contribution < 1.29 is 9.31 Å². The normalized spacial score (nSPS) is 16.0. The summed E-state index contributed by atoms with van der Waals surface area (Å²) in [5, 5.41) is 2.61. The molecule has 0 atom stereocenters. The van der Waals surface area contributed by atoms with E-state index in [0.29, 0.717) is 0 Å². The molecule has 8 rings (SSSR count). The fourth-order valence-electron chi connectivity index (χ4n) is 6.77. The van der Waals surface area contributed by atoms with Gasteiger partial charge in [0.15, 0.2) is 0 Å². The lowest BCUT2D eigenvalue weighted by Crippen LogP contribution is -2.41. The fourth-order valence-corrected chi connectivity index (χ4v) is 6.77. The molecule has 0 aromatic heterocycles. The second kappa shape index (κ2) is 9.54. The van der Waals surface area contributed by atoms with Crippen molar-refractivity contribution >= 4 is 23.4 Å². The van der Waals surface area contributed by atoms with Gasteiger partial charge in [-0.15, -0.1) is 0 Å². The van der Waals surface area contributed by atoms with Gasteiger partial charge in [0.05, 0.1) is 11.2 Å². The Kier molecular flexibility index (Phi) is 5.81. The van der Waals surface area contributed by atoms with E-state index in [1.807, 2.05) is 0 Å². The van der Waals surface area contributed by atoms with Gasteiger partial charge >= 0.3 is 7.12 Å². The topological polar surface area (TPSA) is 18.5 Å². The van der Waals surface area contributed by atoms with Crippen molar-refractivity contribution in [2.45, 2.75) is 38.9 Å². The van der Waals surface area contributed by atoms with Gasteiger partial charge in [-0.2, -0.15) is 0 Å². The number of hydrogen-bond acceptors (Lipinski definition) is 2. The third-order valence-corrected chi connectivity index (χ3v) is 9.67. The molecular formula is C40H33BO2. The van der Waals surface area contributed by atoms with Gasteiger partial charge in [0.1, 0.15) is 0 Å². The van der Waals surface area contributed by atoms with Gasteiger partial charge < -0.3 is 9.31 Å². The summed E-state index contributed by atoms with van der Waals surface area (Å²) in [7, 11) is -0.389. The molecule has 0 spiro atoms. The van der Waals surface area contributed by atoms with Crippen LogP contribution in [-0.2, 0) is 9.31 Å². The first kappa shape index (κ1) is 26.2. The van der Waals surface area contributed by atoms with Crippen molar-refractivity contribution in [1.29, 1.82) is 0 Å². The van der Waals surface area contributed by atoms with Crippen LogP contribution in [0, 0.1) is 0 Å². The molecule has 6 aromatic carbocycles. The molecule has 0 radical (unpaired) electrons. The van der Waals surface area contributed by atoms with Gasteiger partial charge in [-0.1, -0.05) is 121 Å². The maximum Gasteiger partial charge on any atom is 0.494 e. The molecule has 1 fully saturated rings. The molecule has 1 saturated heterocycles. The lowest BCUT2D eigenvalue weighted by molar-refractivity contribution is 0.00578. The van der Waals surface area contributed by atoms with Crippen LogP contribution in [0.15, 0.2) is 127 Å². The second-order valence-electron chi connectivity index (χ2n) is 12.7. The molecule has 208 valence electrons. The summed E-state index contributed by atoms with van der Waals surface area (Å²) >= 11 is 0. The van der Waals surface area contributed by atoms with E-state index in [1.54, 1.807) is 0 Å². The van der Waals surface area contributed by atoms with E-state index in [2.05, 4.69) is 155 Å². The van der Waals surface area contributed by atoms with Crippen molar-refractivity contribution in [2.24, 2.45) is 0 Å². The summed E-state index contributed by atoms with van der Waals surface area (Å²) in [6.45, 7) is 8.40. The van der Waals surface area contributed by atoms with Gasteiger partial charge in [0, 0.05) is 0 Å². The maximum absolute atomic E-state index is 6.37. The van der Waals surface area contributed by atoms with E-state index in [-0.39, 0.29) is 18.3 Å². The average molecular weight is 557 g/mol. The Balaban J connectivity index is 1.39. The van der Waals surface area contributed by atoms with Crippen molar-refractivity contribution in [1.82, 2.24) is 0 Å². The maximum atomic E-state index is 6.37. The summed E-state index contributed by atoms with van der Waals surface area (Å²) in [6, 6.07) is 46.3. The standard InChI is InChI=1S/C40H33BO2/c1-39(2)40(3,4)43-41(42-39)30-23-21-27(22-24-30)33-25-34(26-13-7-5-8-14-26)37-31-19-11-17-28-18-12-20-32(35(28)31)38(37)36(33)29-15-9-6-10-16-29/h5-25H,1-4H3. The number of hydrogen-bond donors (Lipinski definition) is 0. The van der Waals surface area contributed by atoms with E-state index in [1.165, 1.54) is 66.4 Å². The minimum absolute atomic E-state index is 0.378. The Labute approximate surface area is 254 Å². The fraction of sp³-hybridized carbons (Fsp3) is 0.150. The summed E-state index contributed by atoms with van der Waals surface area (Å²) in [4.78, 5) is 0. The first-order chi connectivity index (χ1) is 20.8. The molecule has 43 heavy (non-hydrogen) atoms. The Morgan fingerprint density at radius 1 is 0.442 bits per heavy atom. The van der Waals surface area contributed by atoms with Crippen LogP contribution >= 0.6 is 0 Å². The van der Waals surface area contributed by atoms with Crippen LogP contribution in [0.25, 0.3) is 66.4 Å². The van der Waals surface area contributed by atoms with Gasteiger partial charge in [0.2, 0.25) is 0 Å². The zero-order chi connectivity index (χ0) is 29.3. The molecule has 1 aliphatic carbocycles. The highest BCUT2D eigenvalue weighted by molar-refractivity contribution is 6.62. The summed E-state index contributed by atoms with van der Waals surface area (Å²) in [5.41, 5.74) is 12.9. The average Bonchev–Trinajstić information content (AvgIpc) is 3.48. The molecule has 1 heterocycles. The zero-order valence-corrected chi connectivity index (χ0v) is 25.0. The molecule has 6 aromatic rings. The molecule has 1 aliphatic heterocycles. The summed E-state index contributed by atoms with van der Waals surface area (Å²) < 4.78 is 12.7. The highest BCUT2D eigenvalue weighted by atomic mass is 16.7. The predicted molar refractivity (Wildman–Crippen MR) is 180 cm³/mol. The monoisotopic (exact) mass is 556 g/mol. The lowest BCUT2D eigenvalue weighted by Gasteiger charge is -2.32. The van der Waals surface area contributed by atoms with Crippen LogP contribution in [0.3, 0.4) is 0 Å². The van der Waals surface area contributed by atoms with Crippen molar-refractivity contribution in [3.05, 3.63) is 127 Å². The second-order valence-corrected chi connectivity index (χ2v) is 12.7.